The Labute approximate surface area is 107 Å². The molecule has 0 bridgehead atoms. The van der Waals surface area contributed by atoms with Crippen LogP contribution in [0.4, 0.5) is 0 Å². The summed E-state index contributed by atoms with van der Waals surface area (Å²) in [5.41, 5.74) is 1.25. The van der Waals surface area contributed by atoms with E-state index in [2.05, 4.69) is 23.3 Å². The topological polar surface area (TPSA) is 34.1 Å². The van der Waals surface area contributed by atoms with Gasteiger partial charge in [0.15, 0.2) is 0 Å². The van der Waals surface area contributed by atoms with Crippen LogP contribution in [0.5, 0.6) is 0 Å². The molecule has 0 aliphatic carbocycles. The Bertz CT molecular complexity index is 320. The van der Waals surface area contributed by atoms with Crippen molar-refractivity contribution in [2.24, 2.45) is 0 Å². The predicted octanol–water partition coefficient (Wildman–Crippen LogP) is 2.08. The van der Waals surface area contributed by atoms with Crippen molar-refractivity contribution >= 4 is 11.8 Å². The summed E-state index contributed by atoms with van der Waals surface area (Å²) in [6.07, 6.45) is 5.35. The van der Waals surface area contributed by atoms with Gasteiger partial charge in [-0.15, -0.1) is 0 Å². The van der Waals surface area contributed by atoms with Gasteiger partial charge in [0.1, 0.15) is 0 Å². The first-order valence-corrected chi connectivity index (χ1v) is 7.24. The summed E-state index contributed by atoms with van der Waals surface area (Å²) < 4.78 is 5.54. The lowest BCUT2D eigenvalue weighted by molar-refractivity contribution is 0.127. The fraction of sp³-hybridized carbons (Fsp3) is 0.615. The van der Waals surface area contributed by atoms with Crippen molar-refractivity contribution in [2.75, 3.05) is 18.9 Å². The van der Waals surface area contributed by atoms with Crippen molar-refractivity contribution in [1.82, 2.24) is 10.3 Å². The highest BCUT2D eigenvalue weighted by atomic mass is 32.2. The number of hydrogen-bond donors (Lipinski definition) is 1. The maximum absolute atomic E-state index is 5.54. The van der Waals surface area contributed by atoms with Crippen molar-refractivity contribution in [3.63, 3.8) is 0 Å². The summed E-state index contributed by atoms with van der Waals surface area (Å²) >= 11 is 2.02. The molecule has 0 amide bonds. The van der Waals surface area contributed by atoms with E-state index >= 15 is 0 Å². The normalized spacial score (nSPS) is 24.1. The lowest BCUT2D eigenvalue weighted by atomic mass is 10.3. The number of nitrogens with one attached hydrogen (secondary N) is 1. The quantitative estimate of drug-likeness (QED) is 0.786. The minimum absolute atomic E-state index is 0.429. The van der Waals surface area contributed by atoms with Gasteiger partial charge in [-0.3, -0.25) is 4.98 Å². The highest BCUT2D eigenvalue weighted by molar-refractivity contribution is 8.00. The second-order valence-corrected chi connectivity index (χ2v) is 5.66. The van der Waals surface area contributed by atoms with Gasteiger partial charge in [0.05, 0.1) is 6.10 Å². The smallest absolute Gasteiger partial charge is 0.0666 e. The van der Waals surface area contributed by atoms with E-state index in [9.17, 15) is 0 Å². The molecule has 3 nitrogen and oxygen atoms in total. The molecular weight excluding hydrogens is 232 g/mol. The van der Waals surface area contributed by atoms with E-state index in [-0.39, 0.29) is 0 Å². The molecule has 17 heavy (non-hydrogen) atoms. The first-order chi connectivity index (χ1) is 8.36. The highest BCUT2D eigenvalue weighted by Gasteiger charge is 2.23. The molecule has 2 rings (SSSR count). The van der Waals surface area contributed by atoms with E-state index in [1.165, 1.54) is 12.0 Å². The van der Waals surface area contributed by atoms with Crippen molar-refractivity contribution in [1.29, 1.82) is 0 Å². The molecule has 1 fully saturated rings. The third-order valence-corrected chi connectivity index (χ3v) is 4.46. The fourth-order valence-corrected chi connectivity index (χ4v) is 3.13. The summed E-state index contributed by atoms with van der Waals surface area (Å²) in [7, 11) is 0. The zero-order valence-corrected chi connectivity index (χ0v) is 11.1. The number of nitrogens with zero attached hydrogens (tertiary/aromatic N) is 1. The van der Waals surface area contributed by atoms with E-state index in [0.29, 0.717) is 11.4 Å². The van der Waals surface area contributed by atoms with Crippen molar-refractivity contribution in [3.8, 4) is 0 Å². The predicted molar refractivity (Wildman–Crippen MR) is 72.2 cm³/mol. The lowest BCUT2D eigenvalue weighted by Crippen LogP contribution is -2.20. The van der Waals surface area contributed by atoms with Crippen LogP contribution >= 0.6 is 11.8 Å². The molecule has 0 radical (unpaired) electrons. The average Bonchev–Trinajstić information content (AvgIpc) is 2.76. The molecule has 2 heterocycles. The SMILES string of the molecule is CC1OCCC1SCCNCc1cccnc1. The second-order valence-electron chi connectivity index (χ2n) is 4.31. The maximum atomic E-state index is 5.54. The Kier molecular flexibility index (Phi) is 5.29. The largest absolute Gasteiger partial charge is 0.377 e. The van der Waals surface area contributed by atoms with Crippen LogP contribution in [0.1, 0.15) is 18.9 Å². The first-order valence-electron chi connectivity index (χ1n) is 6.19. The molecule has 1 aliphatic rings. The van der Waals surface area contributed by atoms with E-state index in [0.717, 1.165) is 25.4 Å². The number of hydrogen-bond acceptors (Lipinski definition) is 4. The Morgan fingerprint density at radius 3 is 3.24 bits per heavy atom. The van der Waals surface area contributed by atoms with E-state index in [1.54, 1.807) is 6.20 Å². The Hall–Kier alpha value is -0.580. The molecule has 4 heteroatoms. The number of pyridine rings is 1. The third-order valence-electron chi connectivity index (χ3n) is 2.97. The zero-order valence-electron chi connectivity index (χ0n) is 10.3. The standard InChI is InChI=1S/C13H20N2OS/c1-11-13(4-7-16-11)17-8-6-15-10-12-3-2-5-14-9-12/h2-3,5,9,11,13,15H,4,6-8,10H2,1H3. The molecule has 0 spiro atoms. The monoisotopic (exact) mass is 252 g/mol. The van der Waals surface area contributed by atoms with Crippen molar-refractivity contribution in [2.45, 2.75) is 31.2 Å². The highest BCUT2D eigenvalue weighted by Crippen LogP contribution is 2.25. The lowest BCUT2D eigenvalue weighted by Gasteiger charge is -2.13. The van der Waals surface area contributed by atoms with Gasteiger partial charge in [0.2, 0.25) is 0 Å². The van der Waals surface area contributed by atoms with E-state index in [4.69, 9.17) is 4.74 Å². The summed E-state index contributed by atoms with van der Waals surface area (Å²) in [5.74, 6) is 1.15. The maximum Gasteiger partial charge on any atom is 0.0666 e. The average molecular weight is 252 g/mol. The molecule has 2 atom stereocenters. The number of rotatable bonds is 6. The van der Waals surface area contributed by atoms with Gasteiger partial charge >= 0.3 is 0 Å². The molecule has 1 saturated heterocycles. The van der Waals surface area contributed by atoms with Crippen LogP contribution in [0, 0.1) is 0 Å². The van der Waals surface area contributed by atoms with Gasteiger partial charge in [-0.1, -0.05) is 6.07 Å². The van der Waals surface area contributed by atoms with E-state index < -0.39 is 0 Å². The van der Waals surface area contributed by atoms with Crippen LogP contribution in [0.15, 0.2) is 24.5 Å². The fourth-order valence-electron chi connectivity index (χ4n) is 1.95. The van der Waals surface area contributed by atoms with Gasteiger partial charge in [-0.2, -0.15) is 11.8 Å². The first kappa shape index (κ1) is 12.9. The Morgan fingerprint density at radius 1 is 1.59 bits per heavy atom. The minimum Gasteiger partial charge on any atom is -0.377 e. The molecule has 1 N–H and O–H groups in total. The molecule has 1 aliphatic heterocycles. The number of thioether (sulfide) groups is 1. The molecule has 2 unspecified atom stereocenters. The second kappa shape index (κ2) is 6.99. The van der Waals surface area contributed by atoms with Crippen LogP contribution in [-0.2, 0) is 11.3 Å². The summed E-state index contributed by atoms with van der Waals surface area (Å²) in [5, 5.41) is 4.13. The van der Waals surface area contributed by atoms with Gasteiger partial charge in [-0.05, 0) is 25.0 Å². The van der Waals surface area contributed by atoms with Crippen LogP contribution in [0.2, 0.25) is 0 Å². The summed E-state index contributed by atoms with van der Waals surface area (Å²) in [4.78, 5) is 4.09. The van der Waals surface area contributed by atoms with Gasteiger partial charge in [0.25, 0.3) is 0 Å². The third kappa shape index (κ3) is 4.30. The van der Waals surface area contributed by atoms with Crippen LogP contribution in [0.25, 0.3) is 0 Å². The number of aromatic nitrogens is 1. The van der Waals surface area contributed by atoms with Gasteiger partial charge < -0.3 is 10.1 Å². The molecule has 0 saturated carbocycles. The zero-order chi connectivity index (χ0) is 11.9. The van der Waals surface area contributed by atoms with Crippen LogP contribution in [0.3, 0.4) is 0 Å². The van der Waals surface area contributed by atoms with E-state index in [1.807, 2.05) is 24.0 Å². The summed E-state index contributed by atoms with van der Waals surface area (Å²) in [6, 6.07) is 4.07. The Balaban J connectivity index is 1.55. The minimum atomic E-state index is 0.429. The van der Waals surface area contributed by atoms with Crippen molar-refractivity contribution in [3.05, 3.63) is 30.1 Å². The molecule has 0 aromatic carbocycles. The van der Waals surface area contributed by atoms with Crippen LogP contribution in [-0.4, -0.2) is 35.2 Å². The Morgan fingerprint density at radius 2 is 2.53 bits per heavy atom. The molecule has 94 valence electrons. The summed E-state index contributed by atoms with van der Waals surface area (Å²) in [6.45, 7) is 5.06. The number of ether oxygens (including phenoxy) is 1. The molecule has 1 aromatic rings. The molecular formula is C13H20N2OS. The van der Waals surface area contributed by atoms with Gasteiger partial charge in [0, 0.05) is 43.1 Å². The van der Waals surface area contributed by atoms with Crippen LogP contribution < -0.4 is 5.32 Å². The van der Waals surface area contributed by atoms with Crippen molar-refractivity contribution < 1.29 is 4.74 Å². The van der Waals surface area contributed by atoms with Gasteiger partial charge in [-0.25, -0.2) is 0 Å². The molecule has 1 aromatic heterocycles.